The molecule has 5 heteroatoms. The molecule has 184 valence electrons. The molecule has 0 bridgehead atoms. The van der Waals surface area contributed by atoms with Gasteiger partial charge in [0.05, 0.1) is 7.11 Å². The van der Waals surface area contributed by atoms with Crippen LogP contribution in [0.2, 0.25) is 0 Å². The van der Waals surface area contributed by atoms with Crippen molar-refractivity contribution in [3.8, 4) is 0 Å². The van der Waals surface area contributed by atoms with Crippen LogP contribution in [0.25, 0.3) is 10.9 Å². The van der Waals surface area contributed by atoms with Crippen LogP contribution in [-0.4, -0.2) is 30.0 Å². The number of ether oxygens (including phenoxy) is 1. The number of carbonyl (C=O) groups excluding carboxylic acids is 2. The average molecular weight is 457 g/mol. The third-order valence-electron chi connectivity index (χ3n) is 6.43. The highest BCUT2D eigenvalue weighted by molar-refractivity contribution is 5.87. The van der Waals surface area contributed by atoms with Crippen LogP contribution in [0.1, 0.15) is 102 Å². The van der Waals surface area contributed by atoms with E-state index in [-0.39, 0.29) is 5.91 Å². The summed E-state index contributed by atoms with van der Waals surface area (Å²) < 4.78 is 4.93. The lowest BCUT2D eigenvalue weighted by Gasteiger charge is -2.16. The van der Waals surface area contributed by atoms with Crippen molar-refractivity contribution in [2.24, 2.45) is 0 Å². The fraction of sp³-hybridized carbons (Fsp3) is 0.643. The summed E-state index contributed by atoms with van der Waals surface area (Å²) >= 11 is 0. The number of aromatic nitrogens is 1. The molecular formula is C28H44N2O3. The van der Waals surface area contributed by atoms with Gasteiger partial charge < -0.3 is 15.0 Å². The first-order valence-corrected chi connectivity index (χ1v) is 13.1. The minimum Gasteiger partial charge on any atom is -0.467 e. The topological polar surface area (TPSA) is 71.2 Å². The van der Waals surface area contributed by atoms with Crippen LogP contribution in [0.15, 0.2) is 30.5 Å². The molecule has 5 nitrogen and oxygen atoms in total. The summed E-state index contributed by atoms with van der Waals surface area (Å²) in [4.78, 5) is 27.9. The molecule has 2 aromatic rings. The molecule has 0 saturated heterocycles. The van der Waals surface area contributed by atoms with Crippen molar-refractivity contribution in [1.29, 1.82) is 0 Å². The Labute approximate surface area is 200 Å². The Hall–Kier alpha value is -2.30. The third kappa shape index (κ3) is 10.4. The quantitative estimate of drug-likeness (QED) is 0.190. The normalized spacial score (nSPS) is 12.1. The van der Waals surface area contributed by atoms with Crippen molar-refractivity contribution in [2.45, 2.75) is 109 Å². The number of nitrogens with one attached hydrogen (secondary N) is 2. The Balaban J connectivity index is 1.58. The van der Waals surface area contributed by atoms with Crippen molar-refractivity contribution in [3.63, 3.8) is 0 Å². The number of carbonyl (C=O) groups is 2. The summed E-state index contributed by atoms with van der Waals surface area (Å²) in [5, 5.41) is 3.95. The molecule has 0 aliphatic heterocycles. The first kappa shape index (κ1) is 26.9. The van der Waals surface area contributed by atoms with Gasteiger partial charge in [0.15, 0.2) is 0 Å². The zero-order valence-corrected chi connectivity index (χ0v) is 20.8. The van der Waals surface area contributed by atoms with Gasteiger partial charge in [-0.15, -0.1) is 0 Å². The largest absolute Gasteiger partial charge is 0.467 e. The van der Waals surface area contributed by atoms with Gasteiger partial charge in [-0.25, -0.2) is 4.79 Å². The molecule has 2 N–H and O–H groups in total. The molecule has 0 radical (unpaired) electrons. The van der Waals surface area contributed by atoms with Gasteiger partial charge in [-0.1, -0.05) is 102 Å². The highest BCUT2D eigenvalue weighted by Crippen LogP contribution is 2.19. The molecule has 0 spiro atoms. The van der Waals surface area contributed by atoms with Gasteiger partial charge in [-0.2, -0.15) is 0 Å². The van der Waals surface area contributed by atoms with Gasteiger partial charge >= 0.3 is 5.97 Å². The van der Waals surface area contributed by atoms with E-state index in [1.807, 2.05) is 30.5 Å². The summed E-state index contributed by atoms with van der Waals surface area (Å²) in [5.41, 5.74) is 2.02. The number of methoxy groups -OCH3 is 1. The van der Waals surface area contributed by atoms with E-state index in [1.54, 1.807) is 0 Å². The van der Waals surface area contributed by atoms with Crippen LogP contribution < -0.4 is 5.32 Å². The second-order valence-electron chi connectivity index (χ2n) is 9.20. The van der Waals surface area contributed by atoms with E-state index in [4.69, 9.17) is 4.74 Å². The predicted octanol–water partition coefficient (Wildman–Crippen LogP) is 6.85. The Kier molecular flexibility index (Phi) is 13.3. The third-order valence-corrected chi connectivity index (χ3v) is 6.43. The second kappa shape index (κ2) is 16.3. The van der Waals surface area contributed by atoms with Crippen LogP contribution in [-0.2, 0) is 20.7 Å². The molecule has 1 heterocycles. The lowest BCUT2D eigenvalue weighted by molar-refractivity contribution is -0.145. The number of unbranched alkanes of at least 4 members (excludes halogenated alkanes) is 12. The summed E-state index contributed by atoms with van der Waals surface area (Å²) in [5.74, 6) is -0.479. The molecule has 1 atom stereocenters. The standard InChI is InChI=1S/C28H44N2O3/c1-3-4-5-6-7-8-9-10-11-12-13-14-15-20-27(31)30-26(28(32)33-2)21-23-22-29-25-19-17-16-18-24(23)25/h16-19,22,26,29H,3-15,20-21H2,1-2H3,(H,30,31)/t26-/m0/s1. The molecule has 2 rings (SSSR count). The van der Waals surface area contributed by atoms with Crippen molar-refractivity contribution in [2.75, 3.05) is 7.11 Å². The Morgan fingerprint density at radius 1 is 0.879 bits per heavy atom. The fourth-order valence-corrected chi connectivity index (χ4v) is 4.43. The second-order valence-corrected chi connectivity index (χ2v) is 9.20. The number of rotatable bonds is 18. The molecule has 0 aliphatic rings. The highest BCUT2D eigenvalue weighted by Gasteiger charge is 2.23. The molecule has 33 heavy (non-hydrogen) atoms. The SMILES string of the molecule is CCCCCCCCCCCCCCCC(=O)N[C@@H](Cc1c[nH]c2ccccc12)C(=O)OC. The maximum absolute atomic E-state index is 12.4. The number of amides is 1. The van der Waals surface area contributed by atoms with E-state index >= 15 is 0 Å². The Morgan fingerprint density at radius 2 is 1.45 bits per heavy atom. The zero-order chi connectivity index (χ0) is 23.7. The Morgan fingerprint density at radius 3 is 2.06 bits per heavy atom. The minimum absolute atomic E-state index is 0.0756. The maximum Gasteiger partial charge on any atom is 0.328 e. The van der Waals surface area contributed by atoms with E-state index in [1.165, 1.54) is 77.7 Å². The maximum atomic E-state index is 12.4. The number of benzene rings is 1. The van der Waals surface area contributed by atoms with Crippen LogP contribution in [0.3, 0.4) is 0 Å². The van der Waals surface area contributed by atoms with Crippen LogP contribution >= 0.6 is 0 Å². The van der Waals surface area contributed by atoms with Crippen molar-refractivity contribution < 1.29 is 14.3 Å². The van der Waals surface area contributed by atoms with Crippen molar-refractivity contribution >= 4 is 22.8 Å². The molecule has 0 aliphatic carbocycles. The number of fused-ring (bicyclic) bond motifs is 1. The molecule has 0 unspecified atom stereocenters. The number of aromatic amines is 1. The molecular weight excluding hydrogens is 412 g/mol. The van der Waals surface area contributed by atoms with E-state index in [9.17, 15) is 9.59 Å². The summed E-state index contributed by atoms with van der Waals surface area (Å²) in [6, 6.07) is 7.30. The summed E-state index contributed by atoms with van der Waals surface area (Å²) in [6.07, 6.45) is 19.4. The van der Waals surface area contributed by atoms with Gasteiger partial charge in [0.2, 0.25) is 5.91 Å². The first-order chi connectivity index (χ1) is 16.2. The number of H-pyrrole nitrogens is 1. The minimum atomic E-state index is -0.663. The molecule has 0 fully saturated rings. The average Bonchev–Trinajstić information content (AvgIpc) is 3.24. The molecule has 1 aromatic heterocycles. The number of hydrogen-bond acceptors (Lipinski definition) is 3. The lowest BCUT2D eigenvalue weighted by Crippen LogP contribution is -2.42. The van der Waals surface area contributed by atoms with Gasteiger partial charge in [0.1, 0.15) is 6.04 Å². The number of hydrogen-bond donors (Lipinski definition) is 2. The number of para-hydroxylation sites is 1. The monoisotopic (exact) mass is 456 g/mol. The van der Waals surface area contributed by atoms with E-state index in [0.29, 0.717) is 12.8 Å². The van der Waals surface area contributed by atoms with Gasteiger partial charge in [-0.05, 0) is 18.1 Å². The van der Waals surface area contributed by atoms with Gasteiger partial charge in [0, 0.05) is 29.9 Å². The van der Waals surface area contributed by atoms with Gasteiger partial charge in [-0.3, -0.25) is 4.79 Å². The van der Waals surface area contributed by atoms with E-state index in [0.717, 1.165) is 29.3 Å². The van der Waals surface area contributed by atoms with Crippen molar-refractivity contribution in [3.05, 3.63) is 36.0 Å². The van der Waals surface area contributed by atoms with E-state index < -0.39 is 12.0 Å². The van der Waals surface area contributed by atoms with Crippen LogP contribution in [0.5, 0.6) is 0 Å². The predicted molar refractivity (Wildman–Crippen MR) is 136 cm³/mol. The molecule has 1 amide bonds. The Bertz CT molecular complexity index is 814. The van der Waals surface area contributed by atoms with E-state index in [2.05, 4.69) is 17.2 Å². The molecule has 0 saturated carbocycles. The lowest BCUT2D eigenvalue weighted by atomic mass is 10.0. The van der Waals surface area contributed by atoms with Crippen molar-refractivity contribution in [1.82, 2.24) is 10.3 Å². The summed E-state index contributed by atoms with van der Waals surface area (Å²) in [6.45, 7) is 2.26. The fourth-order valence-electron chi connectivity index (χ4n) is 4.43. The van der Waals surface area contributed by atoms with Gasteiger partial charge in [0.25, 0.3) is 0 Å². The smallest absolute Gasteiger partial charge is 0.328 e. The van der Waals surface area contributed by atoms with Crippen LogP contribution in [0.4, 0.5) is 0 Å². The molecule has 1 aromatic carbocycles. The zero-order valence-electron chi connectivity index (χ0n) is 20.8. The highest BCUT2D eigenvalue weighted by atomic mass is 16.5. The number of esters is 1. The summed E-state index contributed by atoms with van der Waals surface area (Å²) in [7, 11) is 1.36. The van der Waals surface area contributed by atoms with Crippen LogP contribution in [0, 0.1) is 0 Å². The first-order valence-electron chi connectivity index (χ1n) is 13.1.